The standard InChI is InChI=1S/C16H27NO/c1-5-7-8-14-9-11-15(12-10-14)18-13(3)16(6-2)17-4/h9-13,16-17H,5-8H2,1-4H3. The number of rotatable bonds is 8. The first kappa shape index (κ1) is 15.0. The van der Waals surface area contributed by atoms with Gasteiger partial charge in [-0.3, -0.25) is 0 Å². The molecule has 2 heteroatoms. The van der Waals surface area contributed by atoms with E-state index in [2.05, 4.69) is 50.4 Å². The van der Waals surface area contributed by atoms with Crippen LogP contribution >= 0.6 is 0 Å². The molecule has 0 saturated carbocycles. The summed E-state index contributed by atoms with van der Waals surface area (Å²) in [6, 6.07) is 8.94. The molecule has 2 unspecified atom stereocenters. The number of hydrogen-bond acceptors (Lipinski definition) is 2. The van der Waals surface area contributed by atoms with E-state index in [4.69, 9.17) is 4.74 Å². The van der Waals surface area contributed by atoms with E-state index in [1.54, 1.807) is 0 Å². The molecule has 0 aromatic heterocycles. The van der Waals surface area contributed by atoms with Gasteiger partial charge in [0.05, 0.1) is 0 Å². The molecule has 0 saturated heterocycles. The fraction of sp³-hybridized carbons (Fsp3) is 0.625. The minimum Gasteiger partial charge on any atom is -0.489 e. The molecule has 1 N–H and O–H groups in total. The largest absolute Gasteiger partial charge is 0.489 e. The summed E-state index contributed by atoms with van der Waals surface area (Å²) >= 11 is 0. The maximum Gasteiger partial charge on any atom is 0.119 e. The molecule has 102 valence electrons. The van der Waals surface area contributed by atoms with Crippen LogP contribution in [0.25, 0.3) is 0 Å². The van der Waals surface area contributed by atoms with Crippen molar-refractivity contribution in [1.29, 1.82) is 0 Å². The van der Waals surface area contributed by atoms with Crippen LogP contribution in [-0.4, -0.2) is 19.2 Å². The monoisotopic (exact) mass is 249 g/mol. The smallest absolute Gasteiger partial charge is 0.119 e. The zero-order chi connectivity index (χ0) is 13.4. The lowest BCUT2D eigenvalue weighted by atomic mass is 10.1. The molecule has 0 aliphatic carbocycles. The number of hydrogen-bond donors (Lipinski definition) is 1. The Bertz CT molecular complexity index is 316. The third kappa shape index (κ3) is 4.69. The number of aryl methyl sites for hydroxylation is 1. The lowest BCUT2D eigenvalue weighted by Crippen LogP contribution is -2.38. The molecular formula is C16H27NO. The van der Waals surface area contributed by atoms with Crippen molar-refractivity contribution >= 4 is 0 Å². The average molecular weight is 249 g/mol. The van der Waals surface area contributed by atoms with Gasteiger partial charge in [0, 0.05) is 6.04 Å². The average Bonchev–Trinajstić information content (AvgIpc) is 2.39. The number of likely N-dealkylation sites (N-methyl/N-ethyl adjacent to an activating group) is 1. The van der Waals surface area contributed by atoms with Crippen LogP contribution in [0.4, 0.5) is 0 Å². The quantitative estimate of drug-likeness (QED) is 0.756. The first-order valence-corrected chi connectivity index (χ1v) is 7.14. The van der Waals surface area contributed by atoms with Crippen molar-refractivity contribution in [1.82, 2.24) is 5.32 Å². The van der Waals surface area contributed by atoms with Crippen LogP contribution in [0.2, 0.25) is 0 Å². The molecule has 0 amide bonds. The van der Waals surface area contributed by atoms with Crippen molar-refractivity contribution in [2.24, 2.45) is 0 Å². The van der Waals surface area contributed by atoms with Gasteiger partial charge >= 0.3 is 0 Å². The Labute approximate surface area is 112 Å². The van der Waals surface area contributed by atoms with Crippen molar-refractivity contribution in [3.8, 4) is 5.75 Å². The molecule has 0 aliphatic rings. The van der Waals surface area contributed by atoms with Crippen LogP contribution in [0.3, 0.4) is 0 Å². The summed E-state index contributed by atoms with van der Waals surface area (Å²) in [7, 11) is 1.99. The summed E-state index contributed by atoms with van der Waals surface area (Å²) in [5, 5.41) is 3.29. The molecule has 0 heterocycles. The summed E-state index contributed by atoms with van der Waals surface area (Å²) in [4.78, 5) is 0. The molecule has 2 nitrogen and oxygen atoms in total. The Balaban J connectivity index is 2.52. The topological polar surface area (TPSA) is 21.3 Å². The van der Waals surface area contributed by atoms with Crippen molar-refractivity contribution in [2.75, 3.05) is 7.05 Å². The van der Waals surface area contributed by atoms with Gasteiger partial charge in [-0.1, -0.05) is 32.4 Å². The van der Waals surface area contributed by atoms with Gasteiger partial charge in [0.15, 0.2) is 0 Å². The van der Waals surface area contributed by atoms with Crippen molar-refractivity contribution in [3.63, 3.8) is 0 Å². The van der Waals surface area contributed by atoms with Crippen LogP contribution in [0, 0.1) is 0 Å². The second kappa shape index (κ2) is 8.15. The van der Waals surface area contributed by atoms with Crippen molar-refractivity contribution < 1.29 is 4.74 Å². The van der Waals surface area contributed by atoms with E-state index in [-0.39, 0.29) is 6.10 Å². The number of ether oxygens (including phenoxy) is 1. The first-order chi connectivity index (χ1) is 8.71. The summed E-state index contributed by atoms with van der Waals surface area (Å²) in [5.74, 6) is 0.969. The van der Waals surface area contributed by atoms with E-state index in [9.17, 15) is 0 Å². The molecule has 0 fully saturated rings. The minimum atomic E-state index is 0.196. The van der Waals surface area contributed by atoms with E-state index >= 15 is 0 Å². The Kier molecular flexibility index (Phi) is 6.81. The zero-order valence-electron chi connectivity index (χ0n) is 12.2. The molecule has 0 bridgehead atoms. The third-order valence-corrected chi connectivity index (χ3v) is 3.44. The van der Waals surface area contributed by atoms with Gasteiger partial charge in [0.1, 0.15) is 11.9 Å². The molecule has 0 radical (unpaired) electrons. The molecule has 0 aliphatic heterocycles. The van der Waals surface area contributed by atoms with Crippen LogP contribution in [-0.2, 0) is 6.42 Å². The predicted molar refractivity (Wildman–Crippen MR) is 78.3 cm³/mol. The van der Waals surface area contributed by atoms with Crippen molar-refractivity contribution in [3.05, 3.63) is 29.8 Å². The fourth-order valence-corrected chi connectivity index (χ4v) is 2.18. The highest BCUT2D eigenvalue weighted by Gasteiger charge is 2.14. The number of nitrogens with one attached hydrogen (secondary N) is 1. The molecule has 2 atom stereocenters. The second-order valence-electron chi connectivity index (χ2n) is 4.87. The van der Waals surface area contributed by atoms with Crippen LogP contribution in [0.1, 0.15) is 45.6 Å². The highest BCUT2D eigenvalue weighted by atomic mass is 16.5. The number of benzene rings is 1. The highest BCUT2D eigenvalue weighted by molar-refractivity contribution is 5.27. The molecule has 1 aromatic carbocycles. The molecular weight excluding hydrogens is 222 g/mol. The summed E-state index contributed by atoms with van der Waals surface area (Å²) in [5.41, 5.74) is 1.40. The van der Waals surface area contributed by atoms with Gasteiger partial charge in [-0.15, -0.1) is 0 Å². The number of unbranched alkanes of at least 4 members (excludes halogenated alkanes) is 1. The first-order valence-electron chi connectivity index (χ1n) is 7.14. The summed E-state index contributed by atoms with van der Waals surface area (Å²) in [6.07, 6.45) is 4.94. The van der Waals surface area contributed by atoms with E-state index in [1.807, 2.05) is 7.05 Å². The summed E-state index contributed by atoms with van der Waals surface area (Å²) in [6.45, 7) is 6.52. The van der Waals surface area contributed by atoms with Gasteiger partial charge < -0.3 is 10.1 Å². The normalized spacial score (nSPS) is 14.2. The maximum absolute atomic E-state index is 5.96. The molecule has 1 rings (SSSR count). The minimum absolute atomic E-state index is 0.196. The Morgan fingerprint density at radius 2 is 1.83 bits per heavy atom. The van der Waals surface area contributed by atoms with Crippen LogP contribution in [0.5, 0.6) is 5.75 Å². The van der Waals surface area contributed by atoms with E-state index < -0.39 is 0 Å². The van der Waals surface area contributed by atoms with Gasteiger partial charge in [0.2, 0.25) is 0 Å². The maximum atomic E-state index is 5.96. The zero-order valence-corrected chi connectivity index (χ0v) is 12.2. The Hall–Kier alpha value is -1.02. The van der Waals surface area contributed by atoms with Gasteiger partial charge in [-0.25, -0.2) is 0 Å². The summed E-state index contributed by atoms with van der Waals surface area (Å²) < 4.78 is 5.96. The Morgan fingerprint density at radius 1 is 1.17 bits per heavy atom. The van der Waals surface area contributed by atoms with E-state index in [1.165, 1.54) is 24.8 Å². The highest BCUT2D eigenvalue weighted by Crippen LogP contribution is 2.16. The van der Waals surface area contributed by atoms with Crippen LogP contribution < -0.4 is 10.1 Å². The lowest BCUT2D eigenvalue weighted by molar-refractivity contribution is 0.172. The Morgan fingerprint density at radius 3 is 2.33 bits per heavy atom. The van der Waals surface area contributed by atoms with E-state index in [0.717, 1.165) is 12.2 Å². The van der Waals surface area contributed by atoms with Gasteiger partial charge in [-0.05, 0) is 50.9 Å². The fourth-order valence-electron chi connectivity index (χ4n) is 2.18. The van der Waals surface area contributed by atoms with Crippen molar-refractivity contribution in [2.45, 2.75) is 58.6 Å². The van der Waals surface area contributed by atoms with E-state index in [0.29, 0.717) is 6.04 Å². The molecule has 18 heavy (non-hydrogen) atoms. The second-order valence-corrected chi connectivity index (χ2v) is 4.87. The molecule has 0 spiro atoms. The van der Waals surface area contributed by atoms with Crippen LogP contribution in [0.15, 0.2) is 24.3 Å². The predicted octanol–water partition coefficient (Wildman–Crippen LogP) is 3.79. The van der Waals surface area contributed by atoms with Gasteiger partial charge in [-0.2, -0.15) is 0 Å². The third-order valence-electron chi connectivity index (χ3n) is 3.44. The van der Waals surface area contributed by atoms with Gasteiger partial charge in [0.25, 0.3) is 0 Å². The SMILES string of the molecule is CCCCc1ccc(OC(C)C(CC)NC)cc1. The molecule has 1 aromatic rings. The lowest BCUT2D eigenvalue weighted by Gasteiger charge is -2.23.